The first-order valence-electron chi connectivity index (χ1n) is 6.88. The Balaban J connectivity index is 1.93. The van der Waals surface area contributed by atoms with Gasteiger partial charge in [-0.3, -0.25) is 0 Å². The van der Waals surface area contributed by atoms with E-state index in [9.17, 15) is 13.2 Å². The van der Waals surface area contributed by atoms with Gasteiger partial charge < -0.3 is 5.11 Å². The van der Waals surface area contributed by atoms with Crippen LogP contribution in [-0.2, 0) is 23.0 Å². The van der Waals surface area contributed by atoms with Crippen LogP contribution >= 0.6 is 11.3 Å². The Kier molecular flexibility index (Phi) is 4.03. The van der Waals surface area contributed by atoms with E-state index in [4.69, 9.17) is 5.11 Å². The predicted octanol–water partition coefficient (Wildman–Crippen LogP) is 2.58. The predicted molar refractivity (Wildman–Crippen MR) is 83.6 cm³/mol. The number of hydrogen-bond acceptors (Lipinski definition) is 4. The number of hydrogen-bond donors (Lipinski definition) is 1. The Morgan fingerprint density at radius 2 is 1.86 bits per heavy atom. The van der Waals surface area contributed by atoms with Crippen LogP contribution in [0.2, 0.25) is 0 Å². The van der Waals surface area contributed by atoms with E-state index in [1.165, 1.54) is 22.0 Å². The first-order valence-corrected chi connectivity index (χ1v) is 9.14. The zero-order valence-electron chi connectivity index (χ0n) is 11.7. The van der Waals surface area contributed by atoms with Crippen LogP contribution in [0.3, 0.4) is 0 Å². The number of nitrogens with zero attached hydrogens (tertiary/aromatic N) is 1. The highest BCUT2D eigenvalue weighted by Crippen LogP contribution is 2.28. The molecule has 1 aromatic carbocycles. The SMILES string of the molecule is O=C(O)c1ccc(S(=O)(=O)N2CCCc3ccccc3C2)s1. The molecule has 1 aliphatic rings. The summed E-state index contributed by atoms with van der Waals surface area (Å²) in [5, 5.41) is 8.95. The molecule has 0 amide bonds. The molecule has 2 aromatic rings. The van der Waals surface area contributed by atoms with Crippen LogP contribution in [0.5, 0.6) is 0 Å². The molecule has 0 saturated carbocycles. The molecule has 0 radical (unpaired) electrons. The molecule has 116 valence electrons. The van der Waals surface area contributed by atoms with E-state index in [-0.39, 0.29) is 9.09 Å². The Bertz CT molecular complexity index is 810. The molecule has 5 nitrogen and oxygen atoms in total. The summed E-state index contributed by atoms with van der Waals surface area (Å²) < 4.78 is 27.0. The van der Waals surface area contributed by atoms with Crippen molar-refractivity contribution in [3.8, 4) is 0 Å². The molecule has 0 aliphatic carbocycles. The lowest BCUT2D eigenvalue weighted by molar-refractivity contribution is 0.0702. The lowest BCUT2D eigenvalue weighted by Crippen LogP contribution is -2.30. The Labute approximate surface area is 132 Å². The largest absolute Gasteiger partial charge is 0.477 e. The van der Waals surface area contributed by atoms with Gasteiger partial charge in [-0.1, -0.05) is 24.3 Å². The average Bonchev–Trinajstić information content (AvgIpc) is 2.89. The fourth-order valence-corrected chi connectivity index (χ4v) is 5.33. The number of rotatable bonds is 3. The third-order valence-electron chi connectivity index (χ3n) is 3.70. The number of carbonyl (C=O) groups is 1. The first kappa shape index (κ1) is 15.2. The van der Waals surface area contributed by atoms with E-state index in [1.807, 2.05) is 24.3 Å². The number of benzene rings is 1. The minimum atomic E-state index is -3.65. The van der Waals surface area contributed by atoms with E-state index >= 15 is 0 Å². The Hall–Kier alpha value is -1.70. The summed E-state index contributed by atoms with van der Waals surface area (Å²) in [7, 11) is -3.65. The quantitative estimate of drug-likeness (QED) is 0.934. The van der Waals surface area contributed by atoms with Gasteiger partial charge in [0.25, 0.3) is 10.0 Å². The maximum absolute atomic E-state index is 12.7. The Morgan fingerprint density at radius 3 is 2.55 bits per heavy atom. The summed E-state index contributed by atoms with van der Waals surface area (Å²) in [6.07, 6.45) is 1.61. The van der Waals surface area contributed by atoms with E-state index in [0.29, 0.717) is 13.1 Å². The van der Waals surface area contributed by atoms with E-state index in [2.05, 4.69) is 0 Å². The van der Waals surface area contributed by atoms with Crippen molar-refractivity contribution >= 4 is 27.3 Å². The highest BCUT2D eigenvalue weighted by molar-refractivity contribution is 7.91. The second kappa shape index (κ2) is 5.83. The number of carboxylic acids is 1. The zero-order chi connectivity index (χ0) is 15.7. The molecule has 22 heavy (non-hydrogen) atoms. The second-order valence-electron chi connectivity index (χ2n) is 5.13. The number of sulfonamides is 1. The normalized spacial score (nSPS) is 16.0. The smallest absolute Gasteiger partial charge is 0.345 e. The van der Waals surface area contributed by atoms with Gasteiger partial charge in [0.15, 0.2) is 0 Å². The average molecular weight is 337 g/mol. The lowest BCUT2D eigenvalue weighted by atomic mass is 10.0. The molecule has 7 heteroatoms. The molecular weight excluding hydrogens is 322 g/mol. The van der Waals surface area contributed by atoms with Crippen molar-refractivity contribution in [2.45, 2.75) is 23.6 Å². The topological polar surface area (TPSA) is 74.7 Å². The van der Waals surface area contributed by atoms with Gasteiger partial charge in [0.05, 0.1) is 0 Å². The van der Waals surface area contributed by atoms with Crippen molar-refractivity contribution in [2.75, 3.05) is 6.54 Å². The molecule has 0 fully saturated rings. The summed E-state index contributed by atoms with van der Waals surface area (Å²) in [4.78, 5) is 11.0. The van der Waals surface area contributed by atoms with Crippen molar-refractivity contribution in [3.05, 3.63) is 52.4 Å². The van der Waals surface area contributed by atoms with E-state index in [1.54, 1.807) is 0 Å². The minimum absolute atomic E-state index is 0.0359. The molecule has 2 heterocycles. The van der Waals surface area contributed by atoms with Crippen LogP contribution in [0, 0.1) is 0 Å². The fourth-order valence-electron chi connectivity index (χ4n) is 2.58. The number of fused-ring (bicyclic) bond motifs is 1. The van der Waals surface area contributed by atoms with Gasteiger partial charge in [-0.05, 0) is 36.1 Å². The van der Waals surface area contributed by atoms with Gasteiger partial charge in [-0.25, -0.2) is 13.2 Å². The van der Waals surface area contributed by atoms with Gasteiger partial charge in [-0.15, -0.1) is 11.3 Å². The van der Waals surface area contributed by atoms with Crippen molar-refractivity contribution in [3.63, 3.8) is 0 Å². The monoisotopic (exact) mass is 337 g/mol. The third-order valence-corrected chi connectivity index (χ3v) is 7.09. The van der Waals surface area contributed by atoms with Crippen LogP contribution in [0.15, 0.2) is 40.6 Å². The van der Waals surface area contributed by atoms with Gasteiger partial charge in [-0.2, -0.15) is 4.31 Å². The zero-order valence-corrected chi connectivity index (χ0v) is 13.4. The van der Waals surface area contributed by atoms with Crippen LogP contribution in [0.25, 0.3) is 0 Å². The van der Waals surface area contributed by atoms with Gasteiger partial charge >= 0.3 is 5.97 Å². The number of carboxylic acid groups (broad SMARTS) is 1. The maximum Gasteiger partial charge on any atom is 0.345 e. The number of aryl methyl sites for hydroxylation is 1. The summed E-state index contributed by atoms with van der Waals surface area (Å²) in [5.74, 6) is -1.10. The third kappa shape index (κ3) is 2.79. The van der Waals surface area contributed by atoms with Crippen molar-refractivity contribution in [1.29, 1.82) is 0 Å². The molecule has 3 rings (SSSR count). The minimum Gasteiger partial charge on any atom is -0.477 e. The van der Waals surface area contributed by atoms with Crippen LogP contribution in [-0.4, -0.2) is 30.3 Å². The molecule has 0 saturated heterocycles. The second-order valence-corrected chi connectivity index (χ2v) is 8.38. The fraction of sp³-hybridized carbons (Fsp3) is 0.267. The standard InChI is InChI=1S/C15H15NO4S2/c17-15(18)13-7-8-14(21-13)22(19,20)16-9-3-6-11-4-1-2-5-12(11)10-16/h1-2,4-5,7-8H,3,6,9-10H2,(H,17,18). The molecule has 0 unspecified atom stereocenters. The van der Waals surface area contributed by atoms with Crippen molar-refractivity contribution in [1.82, 2.24) is 4.31 Å². The molecule has 0 atom stereocenters. The van der Waals surface area contributed by atoms with E-state index < -0.39 is 16.0 Å². The van der Waals surface area contributed by atoms with Gasteiger partial charge in [0, 0.05) is 13.1 Å². The molecule has 0 bridgehead atoms. The van der Waals surface area contributed by atoms with Crippen LogP contribution < -0.4 is 0 Å². The van der Waals surface area contributed by atoms with Gasteiger partial charge in [0.1, 0.15) is 9.09 Å². The van der Waals surface area contributed by atoms with Crippen LogP contribution in [0.1, 0.15) is 27.2 Å². The Morgan fingerprint density at radius 1 is 1.14 bits per heavy atom. The summed E-state index contributed by atoms with van der Waals surface area (Å²) in [6, 6.07) is 10.6. The van der Waals surface area contributed by atoms with Crippen molar-refractivity contribution in [2.24, 2.45) is 0 Å². The molecule has 0 spiro atoms. The summed E-state index contributed by atoms with van der Waals surface area (Å²) in [5.41, 5.74) is 2.19. The maximum atomic E-state index is 12.7. The first-order chi connectivity index (χ1) is 10.5. The summed E-state index contributed by atoms with van der Waals surface area (Å²) in [6.45, 7) is 0.774. The van der Waals surface area contributed by atoms with Crippen LogP contribution in [0.4, 0.5) is 0 Å². The molecule has 1 aromatic heterocycles. The molecule has 1 N–H and O–H groups in total. The number of aromatic carboxylic acids is 1. The molecule has 1 aliphatic heterocycles. The highest BCUT2D eigenvalue weighted by atomic mass is 32.2. The van der Waals surface area contributed by atoms with E-state index in [0.717, 1.165) is 29.7 Å². The van der Waals surface area contributed by atoms with Crippen molar-refractivity contribution < 1.29 is 18.3 Å². The van der Waals surface area contributed by atoms with Gasteiger partial charge in [0.2, 0.25) is 0 Å². The lowest BCUT2D eigenvalue weighted by Gasteiger charge is -2.19. The highest BCUT2D eigenvalue weighted by Gasteiger charge is 2.28. The molecular formula is C15H15NO4S2. The number of thiophene rings is 1. The summed E-state index contributed by atoms with van der Waals surface area (Å²) >= 11 is 0.801.